The van der Waals surface area contributed by atoms with E-state index in [1.54, 1.807) is 30.5 Å². The zero-order valence-corrected chi connectivity index (χ0v) is 10.7. The number of rotatable bonds is 2. The molecule has 0 bridgehead atoms. The standard InChI is InChI=1S/C12H7BrN4O/c13-11-9(2-1-5-15-11)12(18)17-10-4-3-8(6-14)7-16-10/h1-5,7H,(H,16,17,18). The monoisotopic (exact) mass is 302 g/mol. The number of aromatic nitrogens is 2. The van der Waals surface area contributed by atoms with Crippen LogP contribution in [0.1, 0.15) is 15.9 Å². The predicted octanol–water partition coefficient (Wildman–Crippen LogP) is 2.36. The molecule has 0 spiro atoms. The lowest BCUT2D eigenvalue weighted by Crippen LogP contribution is -2.13. The van der Waals surface area contributed by atoms with Crippen molar-refractivity contribution < 1.29 is 4.79 Å². The fourth-order valence-electron chi connectivity index (χ4n) is 1.27. The number of anilines is 1. The molecule has 0 atom stereocenters. The summed E-state index contributed by atoms with van der Waals surface area (Å²) >= 11 is 3.20. The van der Waals surface area contributed by atoms with Crippen LogP contribution in [0.15, 0.2) is 41.3 Å². The van der Waals surface area contributed by atoms with E-state index >= 15 is 0 Å². The van der Waals surface area contributed by atoms with Gasteiger partial charge >= 0.3 is 0 Å². The second-order valence-corrected chi connectivity index (χ2v) is 4.09. The van der Waals surface area contributed by atoms with Gasteiger partial charge in [-0.25, -0.2) is 9.97 Å². The number of pyridine rings is 2. The maximum absolute atomic E-state index is 11.9. The van der Waals surface area contributed by atoms with E-state index < -0.39 is 0 Å². The molecule has 2 aromatic rings. The Bertz CT molecular complexity index is 619. The maximum atomic E-state index is 11.9. The van der Waals surface area contributed by atoms with Gasteiger partial charge in [0.15, 0.2) is 0 Å². The van der Waals surface area contributed by atoms with E-state index in [-0.39, 0.29) is 5.91 Å². The Morgan fingerprint density at radius 3 is 2.78 bits per heavy atom. The summed E-state index contributed by atoms with van der Waals surface area (Å²) in [5.41, 5.74) is 0.860. The zero-order valence-electron chi connectivity index (χ0n) is 9.09. The average molecular weight is 303 g/mol. The van der Waals surface area contributed by atoms with E-state index in [0.29, 0.717) is 21.5 Å². The lowest BCUT2D eigenvalue weighted by Gasteiger charge is -2.05. The summed E-state index contributed by atoms with van der Waals surface area (Å²) in [7, 11) is 0. The Labute approximate surface area is 112 Å². The fraction of sp³-hybridized carbons (Fsp3) is 0. The van der Waals surface area contributed by atoms with Crippen LogP contribution in [0.5, 0.6) is 0 Å². The molecule has 1 N–H and O–H groups in total. The molecule has 0 aromatic carbocycles. The molecule has 0 unspecified atom stereocenters. The summed E-state index contributed by atoms with van der Waals surface area (Å²) < 4.78 is 0.469. The van der Waals surface area contributed by atoms with Gasteiger partial charge in [0.1, 0.15) is 16.5 Å². The molecule has 0 aliphatic rings. The van der Waals surface area contributed by atoms with Crippen LogP contribution < -0.4 is 5.32 Å². The predicted molar refractivity (Wildman–Crippen MR) is 68.8 cm³/mol. The van der Waals surface area contributed by atoms with Gasteiger partial charge in [-0.05, 0) is 40.2 Å². The smallest absolute Gasteiger partial charge is 0.259 e. The molecular formula is C12H7BrN4O. The minimum absolute atomic E-state index is 0.313. The highest BCUT2D eigenvalue weighted by Gasteiger charge is 2.10. The molecule has 88 valence electrons. The molecule has 18 heavy (non-hydrogen) atoms. The molecule has 0 saturated heterocycles. The quantitative estimate of drug-likeness (QED) is 0.864. The Kier molecular flexibility index (Phi) is 3.65. The Morgan fingerprint density at radius 2 is 2.17 bits per heavy atom. The van der Waals surface area contributed by atoms with Crippen molar-refractivity contribution in [2.45, 2.75) is 0 Å². The molecule has 1 amide bonds. The lowest BCUT2D eigenvalue weighted by atomic mass is 10.2. The van der Waals surface area contributed by atoms with Crippen LogP contribution >= 0.6 is 15.9 Å². The minimum atomic E-state index is -0.313. The molecule has 2 rings (SSSR count). The van der Waals surface area contributed by atoms with Crippen LogP contribution in [-0.2, 0) is 0 Å². The van der Waals surface area contributed by atoms with E-state index in [9.17, 15) is 4.79 Å². The van der Waals surface area contributed by atoms with Gasteiger partial charge in [0.2, 0.25) is 0 Å². The van der Waals surface area contributed by atoms with Gasteiger partial charge < -0.3 is 5.32 Å². The van der Waals surface area contributed by atoms with Gasteiger partial charge in [-0.3, -0.25) is 4.79 Å². The van der Waals surface area contributed by atoms with Crippen molar-refractivity contribution in [3.63, 3.8) is 0 Å². The molecule has 2 aromatic heterocycles. The Hall–Kier alpha value is -2.26. The summed E-state index contributed by atoms with van der Waals surface area (Å²) in [4.78, 5) is 19.8. The maximum Gasteiger partial charge on any atom is 0.259 e. The van der Waals surface area contributed by atoms with Crippen molar-refractivity contribution in [3.8, 4) is 6.07 Å². The Morgan fingerprint density at radius 1 is 1.33 bits per heavy atom. The molecule has 0 fully saturated rings. The SMILES string of the molecule is N#Cc1ccc(NC(=O)c2cccnc2Br)nc1. The van der Waals surface area contributed by atoms with E-state index in [2.05, 4.69) is 31.2 Å². The molecule has 0 radical (unpaired) electrons. The first-order chi connectivity index (χ1) is 8.70. The van der Waals surface area contributed by atoms with E-state index in [0.717, 1.165) is 0 Å². The second-order valence-electron chi connectivity index (χ2n) is 3.34. The summed E-state index contributed by atoms with van der Waals surface area (Å²) in [6, 6.07) is 8.43. The van der Waals surface area contributed by atoms with Gasteiger partial charge in [-0.1, -0.05) is 0 Å². The number of nitrogens with zero attached hydrogens (tertiary/aromatic N) is 3. The molecule has 2 heterocycles. The van der Waals surface area contributed by atoms with Gasteiger partial charge in [-0.2, -0.15) is 5.26 Å². The van der Waals surface area contributed by atoms with Gasteiger partial charge in [0.25, 0.3) is 5.91 Å². The molecular weight excluding hydrogens is 296 g/mol. The third-order valence-corrected chi connectivity index (χ3v) is 2.77. The number of nitriles is 1. The van der Waals surface area contributed by atoms with Gasteiger partial charge in [0.05, 0.1) is 11.1 Å². The molecule has 6 heteroatoms. The summed E-state index contributed by atoms with van der Waals surface area (Å²) in [5, 5.41) is 11.3. The highest BCUT2D eigenvalue weighted by molar-refractivity contribution is 9.10. The van der Waals surface area contributed by atoms with Crippen molar-refractivity contribution in [2.24, 2.45) is 0 Å². The first-order valence-corrected chi connectivity index (χ1v) is 5.78. The number of carbonyl (C=O) groups is 1. The van der Waals surface area contributed by atoms with Crippen LogP contribution in [0.4, 0.5) is 5.82 Å². The highest BCUT2D eigenvalue weighted by Crippen LogP contribution is 2.14. The van der Waals surface area contributed by atoms with Crippen molar-refractivity contribution in [2.75, 3.05) is 5.32 Å². The fourth-order valence-corrected chi connectivity index (χ4v) is 1.70. The molecule has 5 nitrogen and oxygen atoms in total. The van der Waals surface area contributed by atoms with E-state index in [4.69, 9.17) is 5.26 Å². The van der Waals surface area contributed by atoms with Crippen LogP contribution in [0.3, 0.4) is 0 Å². The lowest BCUT2D eigenvalue weighted by molar-refractivity contribution is 0.102. The van der Waals surface area contributed by atoms with Gasteiger partial charge in [0, 0.05) is 12.4 Å². The van der Waals surface area contributed by atoms with Crippen LogP contribution in [0.2, 0.25) is 0 Å². The van der Waals surface area contributed by atoms with Crippen molar-refractivity contribution in [1.82, 2.24) is 9.97 Å². The Balaban J connectivity index is 2.17. The topological polar surface area (TPSA) is 78.7 Å². The number of carbonyl (C=O) groups excluding carboxylic acids is 1. The zero-order chi connectivity index (χ0) is 13.0. The van der Waals surface area contributed by atoms with Crippen LogP contribution in [0.25, 0.3) is 0 Å². The first-order valence-electron chi connectivity index (χ1n) is 4.99. The minimum Gasteiger partial charge on any atom is -0.306 e. The number of hydrogen-bond donors (Lipinski definition) is 1. The molecule has 0 saturated carbocycles. The van der Waals surface area contributed by atoms with Crippen molar-refractivity contribution in [1.29, 1.82) is 5.26 Å². The van der Waals surface area contributed by atoms with Crippen LogP contribution in [-0.4, -0.2) is 15.9 Å². The van der Waals surface area contributed by atoms with E-state index in [1.807, 2.05) is 6.07 Å². The summed E-state index contributed by atoms with van der Waals surface area (Å²) in [6.45, 7) is 0. The third kappa shape index (κ3) is 2.70. The summed E-state index contributed by atoms with van der Waals surface area (Å²) in [5.74, 6) is 0.0712. The average Bonchev–Trinajstić information content (AvgIpc) is 2.40. The number of nitrogens with one attached hydrogen (secondary N) is 1. The highest BCUT2D eigenvalue weighted by atomic mass is 79.9. The normalized spacial score (nSPS) is 9.56. The van der Waals surface area contributed by atoms with E-state index in [1.165, 1.54) is 6.20 Å². The largest absolute Gasteiger partial charge is 0.306 e. The van der Waals surface area contributed by atoms with Gasteiger partial charge in [-0.15, -0.1) is 0 Å². The molecule has 0 aliphatic carbocycles. The second kappa shape index (κ2) is 5.38. The number of amides is 1. The van der Waals surface area contributed by atoms with Crippen molar-refractivity contribution >= 4 is 27.7 Å². The van der Waals surface area contributed by atoms with Crippen LogP contribution in [0, 0.1) is 11.3 Å². The first kappa shape index (κ1) is 12.2. The third-order valence-electron chi connectivity index (χ3n) is 2.14. The number of hydrogen-bond acceptors (Lipinski definition) is 4. The summed E-state index contributed by atoms with van der Waals surface area (Å²) in [6.07, 6.45) is 2.98. The number of halogens is 1. The molecule has 0 aliphatic heterocycles. The van der Waals surface area contributed by atoms with Crippen molar-refractivity contribution in [3.05, 3.63) is 52.4 Å².